The molecule has 1 unspecified atom stereocenters. The highest BCUT2D eigenvalue weighted by Crippen LogP contribution is 2.25. The number of carbonyl (C=O) groups is 2. The van der Waals surface area contributed by atoms with E-state index in [2.05, 4.69) is 4.98 Å². The molecular weight excluding hydrogens is 369 g/mol. The molecule has 0 aliphatic carbocycles. The highest BCUT2D eigenvalue weighted by molar-refractivity contribution is 5.96. The lowest BCUT2D eigenvalue weighted by Crippen LogP contribution is -2.47. The number of amides is 1. The Kier molecular flexibility index (Phi) is 5.55. The predicted octanol–water partition coefficient (Wildman–Crippen LogP) is 0.799. The molecule has 28 heavy (non-hydrogen) atoms. The van der Waals surface area contributed by atoms with Gasteiger partial charge in [-0.25, -0.2) is 9.37 Å². The van der Waals surface area contributed by atoms with Gasteiger partial charge >= 0.3 is 0 Å². The van der Waals surface area contributed by atoms with Crippen LogP contribution in [0.15, 0.2) is 29.1 Å². The molecule has 1 aromatic heterocycles. The van der Waals surface area contributed by atoms with E-state index in [1.165, 1.54) is 28.5 Å². The minimum absolute atomic E-state index is 0.0463. The summed E-state index contributed by atoms with van der Waals surface area (Å²) in [5.41, 5.74) is -0.445. The average Bonchev–Trinajstić information content (AvgIpc) is 2.68. The van der Waals surface area contributed by atoms with Crippen LogP contribution >= 0.6 is 0 Å². The lowest BCUT2D eigenvalue weighted by molar-refractivity contribution is -0.133. The number of Topliss-reactive ketones (excluding diaryl/α,β-unsaturated/α-hetero) is 1. The Hall–Kier alpha value is -3.07. The largest absolute Gasteiger partial charge is 0.501 e. The van der Waals surface area contributed by atoms with Crippen molar-refractivity contribution >= 4 is 11.7 Å². The van der Waals surface area contributed by atoms with Gasteiger partial charge in [0.15, 0.2) is 11.5 Å². The number of aromatic nitrogens is 2. The third-order valence-electron chi connectivity index (χ3n) is 4.81. The topological polar surface area (TPSA) is 113 Å². The van der Waals surface area contributed by atoms with Crippen molar-refractivity contribution in [1.29, 1.82) is 0 Å². The van der Waals surface area contributed by atoms with Gasteiger partial charge in [0, 0.05) is 26.4 Å². The van der Waals surface area contributed by atoms with Gasteiger partial charge in [-0.1, -0.05) is 12.1 Å². The van der Waals surface area contributed by atoms with E-state index < -0.39 is 29.7 Å². The summed E-state index contributed by atoms with van der Waals surface area (Å²) in [5, 5.41) is 19.9. The fourth-order valence-corrected chi connectivity index (χ4v) is 3.31. The van der Waals surface area contributed by atoms with E-state index in [1.807, 2.05) is 0 Å². The van der Waals surface area contributed by atoms with Crippen molar-refractivity contribution in [1.82, 2.24) is 14.5 Å². The molecule has 2 heterocycles. The molecule has 8 nitrogen and oxygen atoms in total. The average molecular weight is 389 g/mol. The normalized spacial score (nSPS) is 16.0. The summed E-state index contributed by atoms with van der Waals surface area (Å²) in [4.78, 5) is 42.3. The van der Waals surface area contributed by atoms with Gasteiger partial charge in [0.05, 0.1) is 6.61 Å². The molecule has 0 saturated heterocycles. The molecule has 1 aliphatic rings. The third kappa shape index (κ3) is 3.65. The number of aryl methyl sites for hydroxylation is 1. The van der Waals surface area contributed by atoms with Crippen LogP contribution in [0, 0.1) is 5.82 Å². The second-order valence-electron chi connectivity index (χ2n) is 6.58. The van der Waals surface area contributed by atoms with Crippen molar-refractivity contribution < 1.29 is 24.2 Å². The zero-order valence-corrected chi connectivity index (χ0v) is 15.3. The summed E-state index contributed by atoms with van der Waals surface area (Å²) >= 11 is 0. The molecule has 0 spiro atoms. The highest BCUT2D eigenvalue weighted by Gasteiger charge is 2.33. The number of aromatic hydroxyl groups is 1. The number of fused-ring (bicyclic) bond motifs is 1. The van der Waals surface area contributed by atoms with Crippen LogP contribution in [0.3, 0.4) is 0 Å². The van der Waals surface area contributed by atoms with Gasteiger partial charge in [0.25, 0.3) is 5.56 Å². The number of carbonyl (C=O) groups excluding carboxylic acids is 2. The minimum atomic E-state index is -0.872. The van der Waals surface area contributed by atoms with Crippen LogP contribution in [0.1, 0.15) is 41.3 Å². The van der Waals surface area contributed by atoms with Crippen molar-refractivity contribution in [3.05, 3.63) is 57.5 Å². The summed E-state index contributed by atoms with van der Waals surface area (Å²) in [5.74, 6) is -1.92. The number of halogens is 1. The molecule has 0 bridgehead atoms. The van der Waals surface area contributed by atoms with Gasteiger partial charge in [-0.2, -0.15) is 0 Å². The van der Waals surface area contributed by atoms with Crippen LogP contribution in [0.2, 0.25) is 0 Å². The number of aliphatic hydroxyl groups is 1. The van der Waals surface area contributed by atoms with E-state index >= 15 is 0 Å². The van der Waals surface area contributed by atoms with Gasteiger partial charge < -0.3 is 15.1 Å². The van der Waals surface area contributed by atoms with Gasteiger partial charge in [0.1, 0.15) is 17.7 Å². The Labute approximate surface area is 159 Å². The number of nitrogens with zero attached hydrogens (tertiary/aromatic N) is 3. The van der Waals surface area contributed by atoms with Crippen LogP contribution < -0.4 is 5.56 Å². The fraction of sp³-hybridized carbons (Fsp3) is 0.368. The van der Waals surface area contributed by atoms with E-state index in [0.717, 1.165) is 5.56 Å². The Morgan fingerprint density at radius 3 is 2.54 bits per heavy atom. The van der Waals surface area contributed by atoms with Gasteiger partial charge in [-0.05, 0) is 24.1 Å². The summed E-state index contributed by atoms with van der Waals surface area (Å²) in [6, 6.07) is 4.78. The first-order valence-corrected chi connectivity index (χ1v) is 8.83. The van der Waals surface area contributed by atoms with Crippen LogP contribution in [-0.4, -0.2) is 49.5 Å². The molecule has 148 valence electrons. The first kappa shape index (κ1) is 19.7. The zero-order valence-electron chi connectivity index (χ0n) is 15.3. The second-order valence-corrected chi connectivity index (χ2v) is 6.58. The number of rotatable bonds is 5. The maximum absolute atomic E-state index is 13.0. The quantitative estimate of drug-likeness (QED) is 0.732. The van der Waals surface area contributed by atoms with Crippen molar-refractivity contribution in [2.24, 2.45) is 0 Å². The molecule has 1 atom stereocenters. The smallest absolute Gasteiger partial charge is 0.296 e. The van der Waals surface area contributed by atoms with E-state index in [4.69, 9.17) is 0 Å². The highest BCUT2D eigenvalue weighted by atomic mass is 19.1. The Morgan fingerprint density at radius 1 is 1.25 bits per heavy atom. The van der Waals surface area contributed by atoms with E-state index in [0.29, 0.717) is 0 Å². The number of hydrogen-bond donors (Lipinski definition) is 2. The molecule has 0 radical (unpaired) electrons. The monoisotopic (exact) mass is 389 g/mol. The van der Waals surface area contributed by atoms with E-state index in [-0.39, 0.29) is 49.2 Å². The molecule has 3 rings (SSSR count). The number of hydrogen-bond acceptors (Lipinski definition) is 6. The molecule has 0 saturated carbocycles. The second kappa shape index (κ2) is 7.89. The summed E-state index contributed by atoms with van der Waals surface area (Å²) in [6.45, 7) is 1.16. The molecule has 1 aliphatic heterocycles. The zero-order chi connectivity index (χ0) is 20.4. The standard InChI is InChI=1S/C19H20FN3O5/c1-11(25)22-8-9-23-18(14(22)10-24)21-16(17(27)19(23)28)15(26)7-4-12-2-5-13(20)6-3-12/h2-3,5-6,14,24,27H,4,7-10H2,1H3. The molecular formula is C19H20FN3O5. The van der Waals surface area contributed by atoms with Crippen LogP contribution in [0.25, 0.3) is 0 Å². The van der Waals surface area contributed by atoms with Crippen molar-refractivity contribution in [3.8, 4) is 5.75 Å². The van der Waals surface area contributed by atoms with Crippen molar-refractivity contribution in [2.45, 2.75) is 32.4 Å². The summed E-state index contributed by atoms with van der Waals surface area (Å²) < 4.78 is 14.1. The number of ketones is 1. The number of benzene rings is 1. The Bertz CT molecular complexity index is 971. The summed E-state index contributed by atoms with van der Waals surface area (Å²) in [7, 11) is 0. The summed E-state index contributed by atoms with van der Waals surface area (Å²) in [6.07, 6.45) is 0.233. The Morgan fingerprint density at radius 2 is 1.93 bits per heavy atom. The van der Waals surface area contributed by atoms with Crippen LogP contribution in [0.5, 0.6) is 5.75 Å². The molecule has 1 amide bonds. The lowest BCUT2D eigenvalue weighted by Gasteiger charge is -2.35. The minimum Gasteiger partial charge on any atom is -0.501 e. The third-order valence-corrected chi connectivity index (χ3v) is 4.81. The maximum Gasteiger partial charge on any atom is 0.296 e. The molecule has 2 N–H and O–H groups in total. The van der Waals surface area contributed by atoms with Gasteiger partial charge in [-0.15, -0.1) is 0 Å². The first-order valence-electron chi connectivity index (χ1n) is 8.83. The molecule has 1 aromatic carbocycles. The van der Waals surface area contributed by atoms with Crippen molar-refractivity contribution in [3.63, 3.8) is 0 Å². The van der Waals surface area contributed by atoms with E-state index in [9.17, 15) is 29.0 Å². The van der Waals surface area contributed by atoms with E-state index in [1.54, 1.807) is 12.1 Å². The maximum atomic E-state index is 13.0. The SMILES string of the molecule is CC(=O)N1CCn2c(nc(C(=O)CCc3ccc(F)cc3)c(O)c2=O)C1CO. The van der Waals surface area contributed by atoms with Crippen LogP contribution in [0.4, 0.5) is 4.39 Å². The van der Waals surface area contributed by atoms with Crippen LogP contribution in [-0.2, 0) is 17.8 Å². The fourth-order valence-electron chi connectivity index (χ4n) is 3.31. The molecule has 9 heteroatoms. The molecule has 2 aromatic rings. The van der Waals surface area contributed by atoms with Crippen molar-refractivity contribution in [2.75, 3.05) is 13.2 Å². The van der Waals surface area contributed by atoms with Gasteiger partial charge in [-0.3, -0.25) is 19.0 Å². The lowest BCUT2D eigenvalue weighted by atomic mass is 10.0. The molecule has 0 fully saturated rings. The predicted molar refractivity (Wildman–Crippen MR) is 96.4 cm³/mol. The number of aliphatic hydroxyl groups excluding tert-OH is 1. The first-order chi connectivity index (χ1) is 13.3. The Balaban J connectivity index is 1.91. The van der Waals surface area contributed by atoms with Gasteiger partial charge in [0.2, 0.25) is 11.7 Å².